The van der Waals surface area contributed by atoms with E-state index in [9.17, 15) is 13.2 Å². The predicted octanol–water partition coefficient (Wildman–Crippen LogP) is 4.04. The highest BCUT2D eigenvalue weighted by Crippen LogP contribution is 2.63. The molecule has 2 fully saturated rings. The highest BCUT2D eigenvalue weighted by atomic mass is 32.2. The molecule has 0 aromatic carbocycles. The lowest BCUT2D eigenvalue weighted by Gasteiger charge is -2.25. The van der Waals surface area contributed by atoms with E-state index in [-0.39, 0.29) is 10.3 Å². The summed E-state index contributed by atoms with van der Waals surface area (Å²) in [5, 5.41) is 3.52. The molecule has 1 aliphatic carbocycles. The molecule has 0 radical (unpaired) electrons. The molecule has 3 atom stereocenters. The fraction of sp³-hybridized carbons (Fsp3) is 0.409. The van der Waals surface area contributed by atoms with E-state index in [2.05, 4.69) is 35.2 Å². The number of imidazole rings is 1. The number of nitrogens with two attached hydrogens (primary N) is 1. The molecule has 13 heteroatoms. The molecule has 0 spiro atoms. The second-order valence-corrected chi connectivity index (χ2v) is 10.8. The Morgan fingerprint density at radius 3 is 2.86 bits per heavy atom. The average Bonchev–Trinajstić information content (AvgIpc) is 3.09. The Balaban J connectivity index is 1.23. The summed E-state index contributed by atoms with van der Waals surface area (Å²) in [6, 6.07) is 2.84. The van der Waals surface area contributed by atoms with E-state index >= 15 is 0 Å². The van der Waals surface area contributed by atoms with Gasteiger partial charge in [0.2, 0.25) is 5.95 Å². The van der Waals surface area contributed by atoms with Crippen LogP contribution in [0.1, 0.15) is 22.8 Å². The van der Waals surface area contributed by atoms with Crippen molar-refractivity contribution < 1.29 is 13.2 Å². The fourth-order valence-corrected chi connectivity index (χ4v) is 7.22. The van der Waals surface area contributed by atoms with E-state index < -0.39 is 11.9 Å². The minimum atomic E-state index is -4.55. The van der Waals surface area contributed by atoms with Crippen molar-refractivity contribution in [1.29, 1.82) is 0 Å². The Hall–Kier alpha value is -2.77. The zero-order valence-corrected chi connectivity index (χ0v) is 20.2. The molecule has 35 heavy (non-hydrogen) atoms. The predicted molar refractivity (Wildman–Crippen MR) is 126 cm³/mol. The quantitative estimate of drug-likeness (QED) is 0.408. The van der Waals surface area contributed by atoms with Crippen LogP contribution < -0.4 is 10.6 Å². The van der Waals surface area contributed by atoms with Gasteiger partial charge >= 0.3 is 6.18 Å². The van der Waals surface area contributed by atoms with Gasteiger partial charge in [-0.2, -0.15) is 18.2 Å². The van der Waals surface area contributed by atoms with Crippen LogP contribution >= 0.6 is 23.1 Å². The molecule has 3 N–H and O–H groups in total. The molecule has 5 heterocycles. The number of nitrogens with one attached hydrogen (secondary N) is 1. The van der Waals surface area contributed by atoms with Crippen molar-refractivity contribution in [3.05, 3.63) is 46.3 Å². The molecule has 1 aliphatic heterocycles. The standard InChI is InChI=1S/C22H21F3N8S2/c1-11-9-34-19(29-11)21(10-26)12-4-6-33(8-13(12)21)20-31-17-18(32-20)30-15(7-28-17)35-14-3-2-5-27-16(14)22(23,24)25/h2-3,5,7,9,12-13H,4,6,8,10,26H2,1H3,(H,28,30,31,32)/t12-,13+,21+/m1/s1. The molecular weight excluding hydrogens is 497 g/mol. The number of aromatic nitrogens is 6. The Bertz CT molecular complexity index is 1400. The van der Waals surface area contributed by atoms with Crippen LogP contribution in [0.2, 0.25) is 0 Å². The van der Waals surface area contributed by atoms with Crippen LogP contribution in [0.3, 0.4) is 0 Å². The Kier molecular flexibility index (Phi) is 5.27. The van der Waals surface area contributed by atoms with Crippen LogP contribution in [0.25, 0.3) is 11.3 Å². The third kappa shape index (κ3) is 3.76. The third-order valence-corrected chi connectivity index (χ3v) is 9.02. The first-order valence-corrected chi connectivity index (χ1v) is 12.8. The number of aryl methyl sites for hydroxylation is 1. The average molecular weight is 519 g/mol. The van der Waals surface area contributed by atoms with Gasteiger partial charge in [0.05, 0.1) is 6.20 Å². The van der Waals surface area contributed by atoms with Crippen LogP contribution in [-0.4, -0.2) is 49.5 Å². The minimum absolute atomic E-state index is 0.0280. The van der Waals surface area contributed by atoms with E-state index in [0.29, 0.717) is 40.6 Å². The maximum atomic E-state index is 13.3. The summed E-state index contributed by atoms with van der Waals surface area (Å²) in [7, 11) is 0. The number of H-pyrrole nitrogens is 1. The van der Waals surface area contributed by atoms with Crippen molar-refractivity contribution in [1.82, 2.24) is 29.9 Å². The van der Waals surface area contributed by atoms with Gasteiger partial charge in [0.15, 0.2) is 17.0 Å². The van der Waals surface area contributed by atoms with E-state index in [1.807, 2.05) is 6.92 Å². The number of aromatic amines is 1. The van der Waals surface area contributed by atoms with E-state index in [1.54, 1.807) is 11.3 Å². The number of hydrogen-bond donors (Lipinski definition) is 2. The highest BCUT2D eigenvalue weighted by Gasteiger charge is 2.67. The summed E-state index contributed by atoms with van der Waals surface area (Å²) < 4.78 is 39.9. The smallest absolute Gasteiger partial charge is 0.342 e. The number of piperidine rings is 1. The molecule has 2 aliphatic rings. The SMILES string of the molecule is Cc1csc([C@@]2(CN)[C@@H]3CCN(c4nc5ncc(Sc6cccnc6C(F)(F)F)nc5[nH]4)C[C@@H]32)n1. The van der Waals surface area contributed by atoms with Crippen molar-refractivity contribution in [2.75, 3.05) is 24.5 Å². The number of rotatable bonds is 5. The first-order valence-electron chi connectivity index (χ1n) is 11.1. The Morgan fingerprint density at radius 1 is 1.26 bits per heavy atom. The van der Waals surface area contributed by atoms with Crippen molar-refractivity contribution >= 4 is 40.3 Å². The largest absolute Gasteiger partial charge is 0.434 e. The number of nitrogens with zero attached hydrogens (tertiary/aromatic N) is 6. The van der Waals surface area contributed by atoms with E-state index in [0.717, 1.165) is 48.2 Å². The van der Waals surface area contributed by atoms with Gasteiger partial charge in [-0.15, -0.1) is 11.3 Å². The normalized spacial score (nSPS) is 24.1. The number of fused-ring (bicyclic) bond motifs is 2. The lowest BCUT2D eigenvalue weighted by molar-refractivity contribution is -0.143. The molecule has 182 valence electrons. The summed E-state index contributed by atoms with van der Waals surface area (Å²) in [5.74, 6) is 1.57. The van der Waals surface area contributed by atoms with E-state index in [4.69, 9.17) is 10.7 Å². The van der Waals surface area contributed by atoms with Gasteiger partial charge in [0.1, 0.15) is 10.0 Å². The van der Waals surface area contributed by atoms with Gasteiger partial charge in [-0.05, 0) is 37.3 Å². The molecule has 6 rings (SSSR count). The van der Waals surface area contributed by atoms with Crippen LogP contribution in [0.4, 0.5) is 19.1 Å². The topological polar surface area (TPSA) is 110 Å². The van der Waals surface area contributed by atoms with Crippen LogP contribution in [0.15, 0.2) is 39.8 Å². The van der Waals surface area contributed by atoms with Gasteiger partial charge < -0.3 is 15.6 Å². The summed E-state index contributed by atoms with van der Waals surface area (Å²) in [4.78, 5) is 27.0. The lowest BCUT2D eigenvalue weighted by Crippen LogP contribution is -2.32. The molecule has 0 bridgehead atoms. The van der Waals surface area contributed by atoms with Crippen molar-refractivity contribution in [2.24, 2.45) is 17.6 Å². The van der Waals surface area contributed by atoms with Gasteiger partial charge in [-0.3, -0.25) is 4.98 Å². The van der Waals surface area contributed by atoms with Gasteiger partial charge in [0.25, 0.3) is 0 Å². The van der Waals surface area contributed by atoms with Crippen LogP contribution in [0.5, 0.6) is 0 Å². The summed E-state index contributed by atoms with van der Waals surface area (Å²) in [6.07, 6.45) is -1.00. The lowest BCUT2D eigenvalue weighted by atomic mass is 10.0. The molecule has 1 saturated heterocycles. The van der Waals surface area contributed by atoms with Crippen molar-refractivity contribution in [2.45, 2.75) is 34.9 Å². The maximum Gasteiger partial charge on any atom is 0.434 e. The maximum absolute atomic E-state index is 13.3. The summed E-state index contributed by atoms with van der Waals surface area (Å²) in [6.45, 7) is 4.19. The molecule has 0 amide bonds. The van der Waals surface area contributed by atoms with E-state index in [1.165, 1.54) is 18.3 Å². The molecule has 1 saturated carbocycles. The molecule has 4 aromatic rings. The van der Waals surface area contributed by atoms with Crippen LogP contribution in [0, 0.1) is 18.8 Å². The molecular formula is C22H21F3N8S2. The number of thiazole rings is 1. The number of hydrogen-bond acceptors (Lipinski definition) is 9. The molecule has 0 unspecified atom stereocenters. The monoisotopic (exact) mass is 518 g/mol. The van der Waals surface area contributed by atoms with Gasteiger partial charge in [0, 0.05) is 47.2 Å². The summed E-state index contributed by atoms with van der Waals surface area (Å²) >= 11 is 2.56. The Morgan fingerprint density at radius 2 is 2.11 bits per heavy atom. The number of pyridine rings is 1. The highest BCUT2D eigenvalue weighted by molar-refractivity contribution is 7.99. The summed E-state index contributed by atoms with van der Waals surface area (Å²) in [5.41, 5.74) is 7.13. The van der Waals surface area contributed by atoms with Crippen molar-refractivity contribution in [3.63, 3.8) is 0 Å². The molecule has 8 nitrogen and oxygen atoms in total. The van der Waals surface area contributed by atoms with Gasteiger partial charge in [-0.1, -0.05) is 11.8 Å². The zero-order valence-electron chi connectivity index (χ0n) is 18.6. The number of alkyl halides is 3. The number of anilines is 1. The van der Waals surface area contributed by atoms with Crippen LogP contribution in [-0.2, 0) is 11.6 Å². The first kappa shape index (κ1) is 22.7. The molecule has 4 aromatic heterocycles. The second-order valence-electron chi connectivity index (χ2n) is 8.88. The Labute approximate surface area is 206 Å². The third-order valence-electron chi connectivity index (χ3n) is 6.91. The second kappa shape index (κ2) is 8.14. The fourth-order valence-electron chi connectivity index (χ4n) is 5.21. The zero-order chi connectivity index (χ0) is 24.4. The first-order chi connectivity index (χ1) is 16.8. The van der Waals surface area contributed by atoms with Crippen molar-refractivity contribution in [3.8, 4) is 0 Å². The number of halogens is 3. The van der Waals surface area contributed by atoms with Gasteiger partial charge in [-0.25, -0.2) is 15.0 Å². The minimum Gasteiger partial charge on any atom is -0.342 e.